The van der Waals surface area contributed by atoms with E-state index in [4.69, 9.17) is 0 Å². The van der Waals surface area contributed by atoms with E-state index in [1.807, 2.05) is 0 Å². The Hall–Kier alpha value is -0.900. The van der Waals surface area contributed by atoms with Gasteiger partial charge in [-0.15, -0.1) is 0 Å². The van der Waals surface area contributed by atoms with E-state index < -0.39 is 0 Å². The highest BCUT2D eigenvalue weighted by Crippen LogP contribution is 2.27. The molecule has 0 radical (unpaired) electrons. The second-order valence-electron chi connectivity index (χ2n) is 6.10. The molecule has 4 nitrogen and oxygen atoms in total. The van der Waals surface area contributed by atoms with E-state index in [2.05, 4.69) is 33.9 Å². The lowest BCUT2D eigenvalue weighted by molar-refractivity contribution is 0.295. The lowest BCUT2D eigenvalue weighted by atomic mass is 9.84. The number of hydrogen-bond donors (Lipinski definition) is 1. The molecule has 0 saturated heterocycles. The van der Waals surface area contributed by atoms with Gasteiger partial charge in [0.15, 0.2) is 0 Å². The average molecular weight is 278 g/mol. The third-order valence-electron chi connectivity index (χ3n) is 4.40. The van der Waals surface area contributed by atoms with Crippen LogP contribution in [0.3, 0.4) is 0 Å². The molecule has 4 heteroatoms. The highest BCUT2D eigenvalue weighted by molar-refractivity contribution is 4.91. The molecule has 0 amide bonds. The van der Waals surface area contributed by atoms with Crippen molar-refractivity contribution < 1.29 is 0 Å². The molecule has 114 valence electrons. The maximum absolute atomic E-state index is 4.46. The first-order chi connectivity index (χ1) is 9.83. The normalized spacial score (nSPS) is 18.3. The molecule has 0 aromatic carbocycles. The van der Waals surface area contributed by atoms with Crippen LogP contribution in [0.5, 0.6) is 0 Å². The third-order valence-corrected chi connectivity index (χ3v) is 4.40. The van der Waals surface area contributed by atoms with Gasteiger partial charge in [0.05, 0.1) is 0 Å². The van der Waals surface area contributed by atoms with Gasteiger partial charge >= 0.3 is 0 Å². The summed E-state index contributed by atoms with van der Waals surface area (Å²) in [4.78, 5) is 4.46. The van der Waals surface area contributed by atoms with Crippen LogP contribution in [-0.4, -0.2) is 27.4 Å². The predicted octanol–water partition coefficient (Wildman–Crippen LogP) is 3.18. The number of rotatable bonds is 8. The summed E-state index contributed by atoms with van der Waals surface area (Å²) >= 11 is 0. The number of nitrogens with zero attached hydrogens (tertiary/aromatic N) is 3. The van der Waals surface area contributed by atoms with E-state index >= 15 is 0 Å². The summed E-state index contributed by atoms with van der Waals surface area (Å²) in [7, 11) is 0. The zero-order chi connectivity index (χ0) is 14.2. The van der Waals surface area contributed by atoms with Crippen LogP contribution in [0.15, 0.2) is 6.33 Å². The average Bonchev–Trinajstić information content (AvgIpc) is 2.88. The first kappa shape index (κ1) is 15.5. The molecule has 20 heavy (non-hydrogen) atoms. The Labute approximate surface area is 123 Å². The number of nitrogens with one attached hydrogen (secondary N) is 1. The molecule has 1 aliphatic rings. The van der Waals surface area contributed by atoms with Crippen LogP contribution in [0.2, 0.25) is 0 Å². The van der Waals surface area contributed by atoms with Crippen molar-refractivity contribution in [2.45, 2.75) is 77.8 Å². The van der Waals surface area contributed by atoms with E-state index in [1.54, 1.807) is 6.33 Å². The van der Waals surface area contributed by atoms with E-state index in [-0.39, 0.29) is 0 Å². The maximum atomic E-state index is 4.46. The SMILES string of the molecule is CCCn1ncnc1CC(CC1CCCCC1)NCC. The molecule has 0 aliphatic heterocycles. The second-order valence-corrected chi connectivity index (χ2v) is 6.10. The van der Waals surface area contributed by atoms with Gasteiger partial charge in [-0.2, -0.15) is 5.10 Å². The Morgan fingerprint density at radius 2 is 2.10 bits per heavy atom. The zero-order valence-corrected chi connectivity index (χ0v) is 13.1. The standard InChI is InChI=1S/C16H30N4/c1-3-10-20-16(18-13-19-20)12-15(17-4-2)11-14-8-6-5-7-9-14/h13-15,17H,3-12H2,1-2H3. The highest BCUT2D eigenvalue weighted by atomic mass is 15.3. The molecule has 1 aromatic heterocycles. The molecule has 2 rings (SSSR count). The van der Waals surface area contributed by atoms with Crippen molar-refractivity contribution in [3.63, 3.8) is 0 Å². The van der Waals surface area contributed by atoms with Gasteiger partial charge in [-0.1, -0.05) is 46.0 Å². The number of aryl methyl sites for hydroxylation is 1. The molecular formula is C16H30N4. The van der Waals surface area contributed by atoms with Crippen molar-refractivity contribution >= 4 is 0 Å². The molecule has 1 atom stereocenters. The fourth-order valence-electron chi connectivity index (χ4n) is 3.42. The van der Waals surface area contributed by atoms with Crippen molar-refractivity contribution in [3.05, 3.63) is 12.2 Å². The summed E-state index contributed by atoms with van der Waals surface area (Å²) in [5, 5.41) is 8.00. The van der Waals surface area contributed by atoms with E-state index in [9.17, 15) is 0 Å². The van der Waals surface area contributed by atoms with Gasteiger partial charge in [-0.3, -0.25) is 4.68 Å². The fraction of sp³-hybridized carbons (Fsp3) is 0.875. The molecule has 1 unspecified atom stereocenters. The molecule has 1 N–H and O–H groups in total. The van der Waals surface area contributed by atoms with Crippen molar-refractivity contribution in [2.24, 2.45) is 5.92 Å². The Bertz CT molecular complexity index is 368. The first-order valence-electron chi connectivity index (χ1n) is 8.43. The Kier molecular flexibility index (Phi) is 6.51. The Balaban J connectivity index is 1.91. The van der Waals surface area contributed by atoms with Gasteiger partial charge in [0.1, 0.15) is 12.2 Å². The van der Waals surface area contributed by atoms with E-state index in [1.165, 1.54) is 38.5 Å². The lowest BCUT2D eigenvalue weighted by Gasteiger charge is -2.27. The minimum atomic E-state index is 0.558. The smallest absolute Gasteiger partial charge is 0.138 e. The quantitative estimate of drug-likeness (QED) is 0.794. The van der Waals surface area contributed by atoms with E-state index in [0.29, 0.717) is 6.04 Å². The van der Waals surface area contributed by atoms with E-state index in [0.717, 1.165) is 37.7 Å². The van der Waals surface area contributed by atoms with Crippen LogP contribution in [0.1, 0.15) is 64.6 Å². The van der Waals surface area contributed by atoms with Crippen molar-refractivity contribution in [3.8, 4) is 0 Å². The van der Waals surface area contributed by atoms with Crippen LogP contribution in [0.25, 0.3) is 0 Å². The van der Waals surface area contributed by atoms with Crippen LogP contribution >= 0.6 is 0 Å². The summed E-state index contributed by atoms with van der Waals surface area (Å²) in [5.41, 5.74) is 0. The topological polar surface area (TPSA) is 42.7 Å². The summed E-state index contributed by atoms with van der Waals surface area (Å²) in [6.45, 7) is 6.41. The lowest BCUT2D eigenvalue weighted by Crippen LogP contribution is -2.34. The predicted molar refractivity (Wildman–Crippen MR) is 82.7 cm³/mol. The van der Waals surface area contributed by atoms with Crippen LogP contribution < -0.4 is 5.32 Å². The minimum Gasteiger partial charge on any atom is -0.314 e. The zero-order valence-electron chi connectivity index (χ0n) is 13.1. The minimum absolute atomic E-state index is 0.558. The summed E-state index contributed by atoms with van der Waals surface area (Å²) in [5.74, 6) is 2.06. The second kappa shape index (κ2) is 8.40. The molecule has 1 fully saturated rings. The highest BCUT2D eigenvalue weighted by Gasteiger charge is 2.20. The number of likely N-dealkylation sites (N-methyl/N-ethyl adjacent to an activating group) is 1. The number of aromatic nitrogens is 3. The monoisotopic (exact) mass is 278 g/mol. The largest absolute Gasteiger partial charge is 0.314 e. The molecule has 0 bridgehead atoms. The fourth-order valence-corrected chi connectivity index (χ4v) is 3.42. The maximum Gasteiger partial charge on any atom is 0.138 e. The van der Waals surface area contributed by atoms with Crippen LogP contribution in [-0.2, 0) is 13.0 Å². The van der Waals surface area contributed by atoms with Crippen molar-refractivity contribution in [2.75, 3.05) is 6.54 Å². The third kappa shape index (κ3) is 4.58. The van der Waals surface area contributed by atoms with Crippen LogP contribution in [0.4, 0.5) is 0 Å². The first-order valence-corrected chi connectivity index (χ1v) is 8.43. The van der Waals surface area contributed by atoms with Gasteiger partial charge in [0.2, 0.25) is 0 Å². The van der Waals surface area contributed by atoms with Gasteiger partial charge in [0.25, 0.3) is 0 Å². The molecular weight excluding hydrogens is 248 g/mol. The molecule has 1 aliphatic carbocycles. The molecule has 1 aromatic rings. The van der Waals surface area contributed by atoms with Gasteiger partial charge in [0, 0.05) is 19.0 Å². The van der Waals surface area contributed by atoms with Gasteiger partial charge < -0.3 is 5.32 Å². The van der Waals surface area contributed by atoms with Crippen molar-refractivity contribution in [1.29, 1.82) is 0 Å². The molecule has 1 saturated carbocycles. The summed E-state index contributed by atoms with van der Waals surface area (Å²) < 4.78 is 2.07. The Morgan fingerprint density at radius 3 is 2.80 bits per heavy atom. The number of hydrogen-bond acceptors (Lipinski definition) is 3. The Morgan fingerprint density at radius 1 is 1.30 bits per heavy atom. The van der Waals surface area contributed by atoms with Gasteiger partial charge in [-0.05, 0) is 25.3 Å². The van der Waals surface area contributed by atoms with Gasteiger partial charge in [-0.25, -0.2) is 4.98 Å². The summed E-state index contributed by atoms with van der Waals surface area (Å²) in [6, 6.07) is 0.558. The van der Waals surface area contributed by atoms with Crippen LogP contribution in [0, 0.1) is 5.92 Å². The summed E-state index contributed by atoms with van der Waals surface area (Å²) in [6.07, 6.45) is 12.3. The van der Waals surface area contributed by atoms with Crippen molar-refractivity contribution in [1.82, 2.24) is 20.1 Å². The molecule has 0 spiro atoms. The molecule has 1 heterocycles.